The number of methoxy groups -OCH3 is 1. The highest BCUT2D eigenvalue weighted by Gasteiger charge is 2.26. The standard InChI is InChI=1S/C28H29N3O4S2/c1-3-35-28(33)25-21-7-5-4-6-8-23(21)37-27(25)31-24(32)15-16-36-26-19(17-29)11-14-22(30-26)18-9-12-20(34-2)13-10-18/h9-14H,3-8,15-16H2,1-2H3,(H,31,32). The molecule has 37 heavy (non-hydrogen) atoms. The molecule has 9 heteroatoms. The minimum Gasteiger partial charge on any atom is -0.497 e. The van der Waals surface area contributed by atoms with Crippen molar-refractivity contribution >= 4 is 40.0 Å². The third-order valence-corrected chi connectivity index (χ3v) is 8.29. The Bertz CT molecular complexity index is 1310. The van der Waals surface area contributed by atoms with E-state index in [0.29, 0.717) is 26.9 Å². The molecule has 1 aliphatic rings. The third kappa shape index (κ3) is 6.51. The third-order valence-electron chi connectivity index (χ3n) is 6.09. The van der Waals surface area contributed by atoms with Crippen LogP contribution in [0.5, 0.6) is 5.75 Å². The number of benzene rings is 1. The van der Waals surface area contributed by atoms with Crippen molar-refractivity contribution in [2.45, 2.75) is 50.5 Å². The Morgan fingerprint density at radius 3 is 2.65 bits per heavy atom. The number of hydrogen-bond donors (Lipinski definition) is 1. The van der Waals surface area contributed by atoms with Gasteiger partial charge < -0.3 is 14.8 Å². The SMILES string of the molecule is CCOC(=O)c1c(NC(=O)CCSc2nc(-c3ccc(OC)cc3)ccc2C#N)sc2c1CCCCC2. The molecule has 0 unspecified atom stereocenters. The Hall–Kier alpha value is -3.35. The van der Waals surface area contributed by atoms with E-state index in [-0.39, 0.29) is 24.9 Å². The van der Waals surface area contributed by atoms with Crippen LogP contribution in [0, 0.1) is 11.3 Å². The molecule has 4 rings (SSSR count). The molecule has 7 nitrogen and oxygen atoms in total. The maximum atomic E-state index is 12.9. The molecule has 0 spiro atoms. The second-order valence-corrected chi connectivity index (χ2v) is 10.7. The summed E-state index contributed by atoms with van der Waals surface area (Å²) in [6, 6.07) is 13.3. The van der Waals surface area contributed by atoms with Crippen molar-refractivity contribution in [2.75, 3.05) is 24.8 Å². The van der Waals surface area contributed by atoms with Gasteiger partial charge in [-0.2, -0.15) is 5.26 Å². The number of hydrogen-bond acceptors (Lipinski definition) is 8. The predicted octanol–water partition coefficient (Wildman–Crippen LogP) is 6.26. The molecule has 0 saturated heterocycles. The van der Waals surface area contributed by atoms with Crippen LogP contribution >= 0.6 is 23.1 Å². The Morgan fingerprint density at radius 2 is 1.92 bits per heavy atom. The number of aromatic nitrogens is 1. The lowest BCUT2D eigenvalue weighted by molar-refractivity contribution is -0.115. The number of nitrogens with zero attached hydrogens (tertiary/aromatic N) is 2. The largest absolute Gasteiger partial charge is 0.497 e. The second-order valence-electron chi connectivity index (χ2n) is 8.53. The smallest absolute Gasteiger partial charge is 0.341 e. The Morgan fingerprint density at radius 1 is 1.14 bits per heavy atom. The van der Waals surface area contributed by atoms with Crippen LogP contribution in [0.4, 0.5) is 5.00 Å². The van der Waals surface area contributed by atoms with Gasteiger partial charge in [0.25, 0.3) is 0 Å². The number of thiophene rings is 1. The zero-order valence-electron chi connectivity index (χ0n) is 21.0. The highest BCUT2D eigenvalue weighted by atomic mass is 32.2. The number of fused-ring (bicyclic) bond motifs is 1. The normalized spacial score (nSPS) is 12.7. The molecular formula is C28H29N3O4S2. The number of anilines is 1. The number of esters is 1. The first-order chi connectivity index (χ1) is 18.0. The van der Waals surface area contributed by atoms with Crippen LogP contribution in [0.3, 0.4) is 0 Å². The summed E-state index contributed by atoms with van der Waals surface area (Å²) in [6.07, 6.45) is 5.23. The first kappa shape index (κ1) is 26.7. The van der Waals surface area contributed by atoms with Crippen molar-refractivity contribution in [1.29, 1.82) is 5.26 Å². The van der Waals surface area contributed by atoms with Gasteiger partial charge in [-0.05, 0) is 74.6 Å². The van der Waals surface area contributed by atoms with Gasteiger partial charge in [0.15, 0.2) is 0 Å². The van der Waals surface area contributed by atoms with E-state index in [4.69, 9.17) is 9.47 Å². The van der Waals surface area contributed by atoms with Gasteiger partial charge in [0.05, 0.1) is 30.5 Å². The van der Waals surface area contributed by atoms with E-state index in [1.165, 1.54) is 28.0 Å². The van der Waals surface area contributed by atoms with Crippen molar-refractivity contribution in [3.05, 3.63) is 58.0 Å². The monoisotopic (exact) mass is 535 g/mol. The number of ether oxygens (including phenoxy) is 2. The van der Waals surface area contributed by atoms with E-state index in [0.717, 1.165) is 54.7 Å². The molecule has 3 aromatic rings. The molecule has 0 radical (unpaired) electrons. The number of pyridine rings is 1. The van der Waals surface area contributed by atoms with Crippen molar-refractivity contribution in [2.24, 2.45) is 0 Å². The number of carbonyl (C=O) groups is 2. The van der Waals surface area contributed by atoms with Crippen LogP contribution in [0.25, 0.3) is 11.3 Å². The summed E-state index contributed by atoms with van der Waals surface area (Å²) in [7, 11) is 1.62. The van der Waals surface area contributed by atoms with Crippen LogP contribution in [0.2, 0.25) is 0 Å². The van der Waals surface area contributed by atoms with Gasteiger partial charge in [0, 0.05) is 22.6 Å². The van der Waals surface area contributed by atoms with Crippen molar-refractivity contribution < 1.29 is 19.1 Å². The molecule has 0 atom stereocenters. The summed E-state index contributed by atoms with van der Waals surface area (Å²) in [5.41, 5.74) is 3.67. The molecule has 2 heterocycles. The fourth-order valence-electron chi connectivity index (χ4n) is 4.24. The summed E-state index contributed by atoms with van der Waals surface area (Å²) in [5, 5.41) is 13.7. The van der Waals surface area contributed by atoms with Gasteiger partial charge in [-0.15, -0.1) is 23.1 Å². The lowest BCUT2D eigenvalue weighted by Gasteiger charge is -2.09. The number of nitriles is 1. The number of amides is 1. The Kier molecular flexibility index (Phi) is 9.20. The fourth-order valence-corrected chi connectivity index (χ4v) is 6.44. The highest BCUT2D eigenvalue weighted by Crippen LogP contribution is 2.38. The van der Waals surface area contributed by atoms with Crippen LogP contribution < -0.4 is 10.1 Å². The molecule has 0 aliphatic heterocycles. The van der Waals surface area contributed by atoms with E-state index < -0.39 is 0 Å². The number of carbonyl (C=O) groups excluding carboxylic acids is 2. The summed E-state index contributed by atoms with van der Waals surface area (Å²) in [4.78, 5) is 31.4. The van der Waals surface area contributed by atoms with E-state index in [1.54, 1.807) is 20.1 Å². The molecule has 0 saturated carbocycles. The minimum absolute atomic E-state index is 0.181. The molecular weight excluding hydrogens is 506 g/mol. The van der Waals surface area contributed by atoms with Gasteiger partial charge in [-0.3, -0.25) is 4.79 Å². The Balaban J connectivity index is 1.44. The van der Waals surface area contributed by atoms with E-state index in [9.17, 15) is 14.9 Å². The van der Waals surface area contributed by atoms with E-state index in [1.807, 2.05) is 30.3 Å². The van der Waals surface area contributed by atoms with E-state index >= 15 is 0 Å². The zero-order valence-corrected chi connectivity index (χ0v) is 22.6. The van der Waals surface area contributed by atoms with Gasteiger partial charge in [0.1, 0.15) is 21.8 Å². The molecule has 1 aromatic carbocycles. The lowest BCUT2D eigenvalue weighted by Crippen LogP contribution is -2.15. The van der Waals surface area contributed by atoms with Crippen LogP contribution in [-0.4, -0.2) is 36.3 Å². The van der Waals surface area contributed by atoms with E-state index in [2.05, 4.69) is 16.4 Å². The van der Waals surface area contributed by atoms with Crippen LogP contribution in [0.15, 0.2) is 41.4 Å². The highest BCUT2D eigenvalue weighted by molar-refractivity contribution is 7.99. The quantitative estimate of drug-likeness (QED) is 0.196. The van der Waals surface area contributed by atoms with Crippen molar-refractivity contribution in [3.8, 4) is 23.1 Å². The maximum Gasteiger partial charge on any atom is 0.341 e. The first-order valence-electron chi connectivity index (χ1n) is 12.3. The number of nitrogens with one attached hydrogen (secondary N) is 1. The second kappa shape index (κ2) is 12.7. The number of aryl methyl sites for hydroxylation is 1. The van der Waals surface area contributed by atoms with Crippen molar-refractivity contribution in [1.82, 2.24) is 4.98 Å². The summed E-state index contributed by atoms with van der Waals surface area (Å²) in [6.45, 7) is 2.07. The summed E-state index contributed by atoms with van der Waals surface area (Å²) < 4.78 is 10.5. The zero-order chi connectivity index (χ0) is 26.2. The van der Waals surface area contributed by atoms with Gasteiger partial charge in [-0.25, -0.2) is 9.78 Å². The molecule has 0 fully saturated rings. The molecule has 0 bridgehead atoms. The summed E-state index contributed by atoms with van der Waals surface area (Å²) >= 11 is 2.86. The van der Waals surface area contributed by atoms with Crippen LogP contribution in [-0.2, 0) is 22.4 Å². The van der Waals surface area contributed by atoms with Gasteiger partial charge in [0.2, 0.25) is 5.91 Å². The van der Waals surface area contributed by atoms with Gasteiger partial charge in [-0.1, -0.05) is 6.42 Å². The van der Waals surface area contributed by atoms with Crippen molar-refractivity contribution in [3.63, 3.8) is 0 Å². The fraction of sp³-hybridized carbons (Fsp3) is 0.357. The first-order valence-corrected chi connectivity index (χ1v) is 14.1. The van der Waals surface area contributed by atoms with Gasteiger partial charge >= 0.3 is 5.97 Å². The molecule has 1 amide bonds. The Labute approximate surface area is 225 Å². The predicted molar refractivity (Wildman–Crippen MR) is 146 cm³/mol. The maximum absolute atomic E-state index is 12.9. The molecule has 2 aromatic heterocycles. The number of thioether (sulfide) groups is 1. The molecule has 1 N–H and O–H groups in total. The summed E-state index contributed by atoms with van der Waals surface area (Å²) in [5.74, 6) is 0.648. The molecule has 192 valence electrons. The molecule has 1 aliphatic carbocycles. The topological polar surface area (TPSA) is 101 Å². The minimum atomic E-state index is -0.371. The average molecular weight is 536 g/mol. The number of rotatable bonds is 9. The van der Waals surface area contributed by atoms with Crippen LogP contribution in [0.1, 0.15) is 59.0 Å². The lowest BCUT2D eigenvalue weighted by atomic mass is 10.1. The average Bonchev–Trinajstić information content (AvgIpc) is 3.08.